The molecule has 1 unspecified atom stereocenters. The van der Waals surface area contributed by atoms with Crippen molar-refractivity contribution < 1.29 is 12.8 Å². The van der Waals surface area contributed by atoms with E-state index < -0.39 is 10.0 Å². The van der Waals surface area contributed by atoms with Gasteiger partial charge in [0, 0.05) is 30.6 Å². The predicted molar refractivity (Wildman–Crippen MR) is 88.4 cm³/mol. The summed E-state index contributed by atoms with van der Waals surface area (Å²) in [5.41, 5.74) is 1.20. The Morgan fingerprint density at radius 3 is 2.59 bits per heavy atom. The highest BCUT2D eigenvalue weighted by Crippen LogP contribution is 2.27. The molecule has 1 aliphatic rings. The van der Waals surface area contributed by atoms with E-state index in [1.165, 1.54) is 11.8 Å². The van der Waals surface area contributed by atoms with Gasteiger partial charge in [-0.25, -0.2) is 12.7 Å². The molecule has 126 valence electrons. The van der Waals surface area contributed by atoms with Crippen molar-refractivity contribution in [2.24, 2.45) is 5.92 Å². The van der Waals surface area contributed by atoms with Crippen molar-refractivity contribution >= 4 is 10.0 Å². The Hall–Kier alpha value is -0.850. The van der Waals surface area contributed by atoms with Crippen LogP contribution in [0.4, 0.5) is 0 Å². The first-order valence-corrected chi connectivity index (χ1v) is 9.68. The molecule has 5 nitrogen and oxygen atoms in total. The lowest BCUT2D eigenvalue weighted by Gasteiger charge is -2.14. The Labute approximate surface area is 134 Å². The third-order valence-corrected chi connectivity index (χ3v) is 5.50. The third kappa shape index (κ3) is 4.33. The molecule has 0 bridgehead atoms. The van der Waals surface area contributed by atoms with E-state index in [9.17, 15) is 8.42 Å². The van der Waals surface area contributed by atoms with Gasteiger partial charge in [-0.1, -0.05) is 20.8 Å². The Balaban J connectivity index is 1.84. The zero-order chi connectivity index (χ0) is 16.5. The molecular formula is C16H28N2O3S. The lowest BCUT2D eigenvalue weighted by molar-refractivity contribution is 0.394. The molecule has 1 aromatic rings. The van der Waals surface area contributed by atoms with Crippen molar-refractivity contribution in [2.45, 2.75) is 46.1 Å². The molecule has 1 atom stereocenters. The largest absolute Gasteiger partial charge is 0.465 e. The van der Waals surface area contributed by atoms with Crippen LogP contribution in [0.15, 0.2) is 10.5 Å². The highest BCUT2D eigenvalue weighted by molar-refractivity contribution is 7.88. The summed E-state index contributed by atoms with van der Waals surface area (Å²) in [6, 6.07) is 2.12. The molecule has 1 saturated heterocycles. The molecule has 6 heteroatoms. The molecule has 1 aliphatic heterocycles. The Bertz CT molecular complexity index is 614. The quantitative estimate of drug-likeness (QED) is 0.900. The van der Waals surface area contributed by atoms with Gasteiger partial charge in [-0.2, -0.15) is 0 Å². The predicted octanol–water partition coefficient (Wildman–Crippen LogP) is 2.26. The summed E-state index contributed by atoms with van der Waals surface area (Å²) < 4.78 is 30.4. The first-order valence-electron chi connectivity index (χ1n) is 7.83. The van der Waals surface area contributed by atoms with Crippen LogP contribution >= 0.6 is 0 Å². The van der Waals surface area contributed by atoms with Gasteiger partial charge in [-0.3, -0.25) is 0 Å². The molecule has 0 spiro atoms. The fourth-order valence-corrected chi connectivity index (χ4v) is 3.66. The van der Waals surface area contributed by atoms with Crippen LogP contribution < -0.4 is 5.32 Å². The first-order chi connectivity index (χ1) is 10.1. The van der Waals surface area contributed by atoms with E-state index in [0.717, 1.165) is 31.0 Å². The number of hydrogen-bond donors (Lipinski definition) is 1. The molecule has 2 heterocycles. The van der Waals surface area contributed by atoms with Gasteiger partial charge in [-0.15, -0.1) is 0 Å². The number of rotatable bonds is 5. The van der Waals surface area contributed by atoms with Crippen LogP contribution in [0.2, 0.25) is 0 Å². The van der Waals surface area contributed by atoms with Crippen molar-refractivity contribution in [1.29, 1.82) is 0 Å². The van der Waals surface area contributed by atoms with Crippen LogP contribution in [0.25, 0.3) is 0 Å². The van der Waals surface area contributed by atoms with Crippen LogP contribution in [0.3, 0.4) is 0 Å². The SMILES string of the molecule is Cc1oc(C(C)(C)C)cc1CNCC1CCN(S(C)(=O)=O)C1. The molecule has 22 heavy (non-hydrogen) atoms. The molecule has 0 aromatic carbocycles. The minimum atomic E-state index is -3.04. The van der Waals surface area contributed by atoms with Gasteiger partial charge in [-0.05, 0) is 31.9 Å². The van der Waals surface area contributed by atoms with E-state index in [1.807, 2.05) is 6.92 Å². The molecule has 0 amide bonds. The van der Waals surface area contributed by atoms with E-state index >= 15 is 0 Å². The van der Waals surface area contributed by atoms with Crippen molar-refractivity contribution in [3.8, 4) is 0 Å². The second-order valence-electron chi connectivity index (χ2n) is 7.35. The van der Waals surface area contributed by atoms with E-state index in [2.05, 4.69) is 32.2 Å². The van der Waals surface area contributed by atoms with Crippen LogP contribution in [-0.4, -0.2) is 38.6 Å². The fraction of sp³-hybridized carbons (Fsp3) is 0.750. The lowest BCUT2D eigenvalue weighted by Crippen LogP contribution is -2.30. The molecule has 0 saturated carbocycles. The maximum Gasteiger partial charge on any atom is 0.211 e. The van der Waals surface area contributed by atoms with Gasteiger partial charge in [0.1, 0.15) is 11.5 Å². The van der Waals surface area contributed by atoms with Crippen molar-refractivity contribution in [3.05, 3.63) is 23.2 Å². The summed E-state index contributed by atoms with van der Waals surface area (Å²) in [5.74, 6) is 2.36. The zero-order valence-electron chi connectivity index (χ0n) is 14.3. The number of sulfonamides is 1. The zero-order valence-corrected chi connectivity index (χ0v) is 15.1. The number of nitrogens with one attached hydrogen (secondary N) is 1. The molecular weight excluding hydrogens is 300 g/mol. The summed E-state index contributed by atoms with van der Waals surface area (Å²) >= 11 is 0. The average Bonchev–Trinajstić information content (AvgIpc) is 2.96. The van der Waals surface area contributed by atoms with Gasteiger partial charge >= 0.3 is 0 Å². The standard InChI is InChI=1S/C16H28N2O3S/c1-12-14(8-15(21-12)16(2,3)4)10-17-9-13-6-7-18(11-13)22(5,19)20/h8,13,17H,6-7,9-11H2,1-5H3. The maximum atomic E-state index is 11.5. The summed E-state index contributed by atoms with van der Waals surface area (Å²) in [7, 11) is -3.04. The molecule has 1 fully saturated rings. The van der Waals surface area contributed by atoms with Gasteiger partial charge in [0.25, 0.3) is 0 Å². The van der Waals surface area contributed by atoms with Crippen LogP contribution in [0.5, 0.6) is 0 Å². The smallest absolute Gasteiger partial charge is 0.211 e. The highest BCUT2D eigenvalue weighted by Gasteiger charge is 2.28. The first kappa shape index (κ1) is 17.5. The van der Waals surface area contributed by atoms with E-state index in [4.69, 9.17) is 4.42 Å². The Kier molecular flexibility index (Phi) is 5.04. The normalized spacial score (nSPS) is 20.7. The molecule has 0 radical (unpaired) electrons. The van der Waals surface area contributed by atoms with Crippen molar-refractivity contribution in [2.75, 3.05) is 25.9 Å². The summed E-state index contributed by atoms with van der Waals surface area (Å²) in [6.07, 6.45) is 2.21. The molecule has 2 rings (SSSR count). The van der Waals surface area contributed by atoms with Crippen LogP contribution in [0.1, 0.15) is 44.3 Å². The highest BCUT2D eigenvalue weighted by atomic mass is 32.2. The van der Waals surface area contributed by atoms with Gasteiger partial charge in [0.2, 0.25) is 10.0 Å². The maximum absolute atomic E-state index is 11.5. The van der Waals surface area contributed by atoms with Crippen molar-refractivity contribution in [1.82, 2.24) is 9.62 Å². The monoisotopic (exact) mass is 328 g/mol. The Morgan fingerprint density at radius 2 is 2.09 bits per heavy atom. The minimum Gasteiger partial charge on any atom is -0.465 e. The second kappa shape index (κ2) is 6.34. The van der Waals surface area contributed by atoms with Crippen LogP contribution in [-0.2, 0) is 22.0 Å². The molecule has 1 N–H and O–H groups in total. The van der Waals surface area contributed by atoms with Crippen molar-refractivity contribution in [3.63, 3.8) is 0 Å². The second-order valence-corrected chi connectivity index (χ2v) is 9.33. The van der Waals surface area contributed by atoms with E-state index in [0.29, 0.717) is 19.0 Å². The number of aryl methyl sites for hydroxylation is 1. The summed E-state index contributed by atoms with van der Waals surface area (Å²) in [6.45, 7) is 11.3. The third-order valence-electron chi connectivity index (χ3n) is 4.23. The number of furan rings is 1. The number of nitrogens with zero attached hydrogens (tertiary/aromatic N) is 1. The van der Waals surface area contributed by atoms with Crippen LogP contribution in [0, 0.1) is 12.8 Å². The molecule has 0 aliphatic carbocycles. The summed E-state index contributed by atoms with van der Waals surface area (Å²) in [5, 5.41) is 3.44. The Morgan fingerprint density at radius 1 is 1.41 bits per heavy atom. The summed E-state index contributed by atoms with van der Waals surface area (Å²) in [4.78, 5) is 0. The molecule has 1 aromatic heterocycles. The van der Waals surface area contributed by atoms with E-state index in [-0.39, 0.29) is 5.41 Å². The average molecular weight is 328 g/mol. The lowest BCUT2D eigenvalue weighted by atomic mass is 9.93. The van der Waals surface area contributed by atoms with Gasteiger partial charge < -0.3 is 9.73 Å². The van der Waals surface area contributed by atoms with Gasteiger partial charge in [0.05, 0.1) is 6.26 Å². The fourth-order valence-electron chi connectivity index (χ4n) is 2.74. The van der Waals surface area contributed by atoms with Gasteiger partial charge in [0.15, 0.2) is 0 Å². The van der Waals surface area contributed by atoms with E-state index in [1.54, 1.807) is 4.31 Å². The minimum absolute atomic E-state index is 0.0183. The topological polar surface area (TPSA) is 62.6 Å². The number of hydrogen-bond acceptors (Lipinski definition) is 4.